The van der Waals surface area contributed by atoms with Gasteiger partial charge < -0.3 is 15.7 Å². The first-order chi connectivity index (χ1) is 11.3. The Labute approximate surface area is 137 Å². The SMILES string of the molecule is Cc1ccc(NC(=O)NCC(O)c2cccc(C(F)(F)F)c2)cc1. The Morgan fingerprint density at radius 1 is 1.17 bits per heavy atom. The molecule has 0 aliphatic carbocycles. The van der Waals surface area contributed by atoms with Crippen LogP contribution in [0.15, 0.2) is 48.5 Å². The van der Waals surface area contributed by atoms with Crippen LogP contribution in [-0.2, 0) is 6.18 Å². The highest BCUT2D eigenvalue weighted by molar-refractivity contribution is 5.89. The highest BCUT2D eigenvalue weighted by Crippen LogP contribution is 2.30. The molecule has 24 heavy (non-hydrogen) atoms. The summed E-state index contributed by atoms with van der Waals surface area (Å²) in [5.41, 5.74) is 0.858. The zero-order valence-corrected chi connectivity index (χ0v) is 12.9. The second-order valence-electron chi connectivity index (χ2n) is 5.34. The molecule has 0 aliphatic rings. The van der Waals surface area contributed by atoms with Crippen LogP contribution in [0, 0.1) is 6.92 Å². The Morgan fingerprint density at radius 3 is 2.46 bits per heavy atom. The second kappa shape index (κ2) is 7.35. The number of aliphatic hydroxyl groups is 1. The molecule has 2 aromatic rings. The zero-order valence-electron chi connectivity index (χ0n) is 12.9. The number of rotatable bonds is 4. The van der Waals surface area contributed by atoms with Gasteiger partial charge in [0.15, 0.2) is 0 Å². The fourth-order valence-electron chi connectivity index (χ4n) is 2.04. The van der Waals surface area contributed by atoms with E-state index in [9.17, 15) is 23.1 Å². The third kappa shape index (κ3) is 4.99. The minimum absolute atomic E-state index is 0.0838. The van der Waals surface area contributed by atoms with E-state index in [2.05, 4.69) is 10.6 Å². The zero-order chi connectivity index (χ0) is 17.7. The molecule has 1 atom stereocenters. The van der Waals surface area contributed by atoms with E-state index in [1.807, 2.05) is 19.1 Å². The number of nitrogens with one attached hydrogen (secondary N) is 2. The van der Waals surface area contributed by atoms with Crippen molar-refractivity contribution in [3.05, 3.63) is 65.2 Å². The van der Waals surface area contributed by atoms with Crippen LogP contribution >= 0.6 is 0 Å². The summed E-state index contributed by atoms with van der Waals surface area (Å²) in [6, 6.07) is 10.9. The molecule has 2 amide bonds. The highest BCUT2D eigenvalue weighted by atomic mass is 19.4. The van der Waals surface area contributed by atoms with Gasteiger partial charge in [-0.15, -0.1) is 0 Å². The monoisotopic (exact) mass is 338 g/mol. The van der Waals surface area contributed by atoms with Crippen molar-refractivity contribution < 1.29 is 23.1 Å². The van der Waals surface area contributed by atoms with Crippen LogP contribution in [0.3, 0.4) is 0 Å². The number of amides is 2. The highest BCUT2D eigenvalue weighted by Gasteiger charge is 2.30. The molecule has 0 heterocycles. The second-order valence-corrected chi connectivity index (χ2v) is 5.34. The predicted molar refractivity (Wildman–Crippen MR) is 84.6 cm³/mol. The minimum Gasteiger partial charge on any atom is -0.387 e. The van der Waals surface area contributed by atoms with E-state index in [0.29, 0.717) is 5.69 Å². The summed E-state index contributed by atoms with van der Waals surface area (Å²) in [5, 5.41) is 14.9. The molecule has 4 nitrogen and oxygen atoms in total. The molecular weight excluding hydrogens is 321 g/mol. The largest absolute Gasteiger partial charge is 0.416 e. The van der Waals surface area contributed by atoms with E-state index < -0.39 is 23.9 Å². The topological polar surface area (TPSA) is 61.4 Å². The summed E-state index contributed by atoms with van der Waals surface area (Å²) < 4.78 is 38.0. The maximum atomic E-state index is 12.7. The standard InChI is InChI=1S/C17H17F3N2O2/c1-11-5-7-14(8-6-11)22-16(24)21-10-15(23)12-3-2-4-13(9-12)17(18,19)20/h2-9,15,23H,10H2,1H3,(H2,21,22,24). The first kappa shape index (κ1) is 17.8. The molecule has 1 unspecified atom stereocenters. The fraction of sp³-hybridized carbons (Fsp3) is 0.235. The van der Waals surface area contributed by atoms with Crippen molar-refractivity contribution in [3.63, 3.8) is 0 Å². The number of hydrogen-bond donors (Lipinski definition) is 3. The van der Waals surface area contributed by atoms with E-state index in [4.69, 9.17) is 0 Å². The predicted octanol–water partition coefficient (Wildman–Crippen LogP) is 3.87. The van der Waals surface area contributed by atoms with E-state index in [-0.39, 0.29) is 12.1 Å². The van der Waals surface area contributed by atoms with Crippen molar-refractivity contribution >= 4 is 11.7 Å². The van der Waals surface area contributed by atoms with Gasteiger partial charge in [-0.05, 0) is 36.8 Å². The number of aryl methyl sites for hydroxylation is 1. The lowest BCUT2D eigenvalue weighted by Gasteiger charge is -2.15. The molecule has 128 valence electrons. The van der Waals surface area contributed by atoms with Crippen LogP contribution in [0.25, 0.3) is 0 Å². The molecule has 2 aromatic carbocycles. The maximum Gasteiger partial charge on any atom is 0.416 e. The van der Waals surface area contributed by atoms with Crippen LogP contribution in [0.4, 0.5) is 23.7 Å². The number of anilines is 1. The minimum atomic E-state index is -4.48. The number of alkyl halides is 3. The molecule has 0 aromatic heterocycles. The van der Waals surface area contributed by atoms with Gasteiger partial charge in [-0.1, -0.05) is 29.8 Å². The maximum absolute atomic E-state index is 12.7. The van der Waals surface area contributed by atoms with Gasteiger partial charge in [-0.25, -0.2) is 4.79 Å². The molecule has 0 fully saturated rings. The number of carbonyl (C=O) groups excluding carboxylic acids is 1. The summed E-state index contributed by atoms with van der Waals surface area (Å²) >= 11 is 0. The van der Waals surface area contributed by atoms with Gasteiger partial charge in [0.05, 0.1) is 11.7 Å². The summed E-state index contributed by atoms with van der Waals surface area (Å²) in [5.74, 6) is 0. The molecule has 0 radical (unpaired) electrons. The lowest BCUT2D eigenvalue weighted by atomic mass is 10.1. The quantitative estimate of drug-likeness (QED) is 0.792. The lowest BCUT2D eigenvalue weighted by Crippen LogP contribution is -2.32. The Hall–Kier alpha value is -2.54. The fourth-order valence-corrected chi connectivity index (χ4v) is 2.04. The van der Waals surface area contributed by atoms with Crippen LogP contribution in [0.1, 0.15) is 22.8 Å². The number of aliphatic hydroxyl groups excluding tert-OH is 1. The van der Waals surface area contributed by atoms with Crippen LogP contribution in [0.5, 0.6) is 0 Å². The van der Waals surface area contributed by atoms with Crippen molar-refractivity contribution in [2.45, 2.75) is 19.2 Å². The molecule has 0 aliphatic heterocycles. The van der Waals surface area contributed by atoms with Gasteiger partial charge in [0.1, 0.15) is 0 Å². The number of hydrogen-bond acceptors (Lipinski definition) is 2. The van der Waals surface area contributed by atoms with Gasteiger partial charge in [-0.3, -0.25) is 0 Å². The molecule has 0 bridgehead atoms. The molecule has 0 saturated heterocycles. The number of urea groups is 1. The lowest BCUT2D eigenvalue weighted by molar-refractivity contribution is -0.137. The van der Waals surface area contributed by atoms with E-state index in [1.165, 1.54) is 12.1 Å². The molecule has 0 saturated carbocycles. The smallest absolute Gasteiger partial charge is 0.387 e. The van der Waals surface area contributed by atoms with Crippen molar-refractivity contribution in [1.29, 1.82) is 0 Å². The molecule has 0 spiro atoms. The van der Waals surface area contributed by atoms with Gasteiger partial charge in [0, 0.05) is 12.2 Å². The van der Waals surface area contributed by atoms with Gasteiger partial charge in [-0.2, -0.15) is 13.2 Å². The Kier molecular flexibility index (Phi) is 5.46. The first-order valence-electron chi connectivity index (χ1n) is 7.22. The Bertz CT molecular complexity index is 700. The van der Waals surface area contributed by atoms with Gasteiger partial charge in [0.2, 0.25) is 0 Å². The first-order valence-corrected chi connectivity index (χ1v) is 7.22. The Balaban J connectivity index is 1.91. The molecule has 7 heteroatoms. The summed E-state index contributed by atoms with van der Waals surface area (Å²) in [7, 11) is 0. The molecule has 3 N–H and O–H groups in total. The average molecular weight is 338 g/mol. The third-order valence-electron chi connectivity index (χ3n) is 3.36. The third-order valence-corrected chi connectivity index (χ3v) is 3.36. The van der Waals surface area contributed by atoms with Crippen LogP contribution < -0.4 is 10.6 Å². The normalized spacial score (nSPS) is 12.5. The van der Waals surface area contributed by atoms with Crippen molar-refractivity contribution in [2.24, 2.45) is 0 Å². The van der Waals surface area contributed by atoms with Crippen molar-refractivity contribution in [3.8, 4) is 0 Å². The summed E-state index contributed by atoms with van der Waals surface area (Å²) in [4.78, 5) is 11.7. The van der Waals surface area contributed by atoms with E-state index in [0.717, 1.165) is 17.7 Å². The van der Waals surface area contributed by atoms with E-state index >= 15 is 0 Å². The van der Waals surface area contributed by atoms with Gasteiger partial charge in [0.25, 0.3) is 0 Å². The van der Waals surface area contributed by atoms with Crippen LogP contribution in [-0.4, -0.2) is 17.7 Å². The number of carbonyl (C=O) groups is 1. The number of benzene rings is 2. The Morgan fingerprint density at radius 2 is 1.83 bits per heavy atom. The average Bonchev–Trinajstić information content (AvgIpc) is 2.54. The molecule has 2 rings (SSSR count). The summed E-state index contributed by atoms with van der Waals surface area (Å²) in [6.07, 6.45) is -5.72. The van der Waals surface area contributed by atoms with Crippen molar-refractivity contribution in [2.75, 3.05) is 11.9 Å². The van der Waals surface area contributed by atoms with Crippen molar-refractivity contribution in [1.82, 2.24) is 5.32 Å². The van der Waals surface area contributed by atoms with Gasteiger partial charge >= 0.3 is 12.2 Å². The van der Waals surface area contributed by atoms with E-state index in [1.54, 1.807) is 12.1 Å². The molecular formula is C17H17F3N2O2. The van der Waals surface area contributed by atoms with Crippen LogP contribution in [0.2, 0.25) is 0 Å². The summed E-state index contributed by atoms with van der Waals surface area (Å²) in [6.45, 7) is 1.70. The number of halogens is 3.